The number of halogens is 1. The van der Waals surface area contributed by atoms with Gasteiger partial charge < -0.3 is 25.4 Å². The summed E-state index contributed by atoms with van der Waals surface area (Å²) < 4.78 is 10.6. The Kier molecular flexibility index (Phi) is 9.14. The van der Waals surface area contributed by atoms with Gasteiger partial charge in [0, 0.05) is 31.4 Å². The number of carbonyl (C=O) groups excluding carboxylic acids is 1. The van der Waals surface area contributed by atoms with Crippen LogP contribution in [0, 0.1) is 5.92 Å². The predicted octanol–water partition coefficient (Wildman–Crippen LogP) is 3.69. The van der Waals surface area contributed by atoms with Crippen LogP contribution in [0.4, 0.5) is 10.5 Å². The minimum atomic E-state index is -0.460. The molecule has 1 aliphatic heterocycles. The molecule has 0 aromatic heterocycles. The van der Waals surface area contributed by atoms with Crippen molar-refractivity contribution in [2.75, 3.05) is 32.1 Å². The topological polar surface area (TPSA) is 89.2 Å². The lowest BCUT2D eigenvalue weighted by atomic mass is 9.97. The number of nitrogens with one attached hydrogen (secondary N) is 1. The molecule has 0 atom stereocenters. The molecule has 0 bridgehead atoms. The van der Waals surface area contributed by atoms with Crippen LogP contribution in [-0.2, 0) is 4.74 Å². The van der Waals surface area contributed by atoms with Crippen LogP contribution in [0.5, 0.6) is 5.75 Å². The molecule has 1 fully saturated rings. The first-order chi connectivity index (χ1) is 12.3. The molecule has 1 saturated heterocycles. The molecule has 1 heterocycles. The van der Waals surface area contributed by atoms with Gasteiger partial charge in [-0.25, -0.2) is 4.79 Å². The molecular formula is C19H31IN4O3. The van der Waals surface area contributed by atoms with E-state index in [1.54, 1.807) is 12.0 Å². The van der Waals surface area contributed by atoms with Crippen molar-refractivity contribution in [2.45, 2.75) is 39.2 Å². The third-order valence-electron chi connectivity index (χ3n) is 4.13. The Bertz CT molecular complexity index is 638. The first-order valence-corrected chi connectivity index (χ1v) is 8.96. The van der Waals surface area contributed by atoms with Gasteiger partial charge in [-0.3, -0.25) is 4.99 Å². The van der Waals surface area contributed by atoms with Crippen LogP contribution < -0.4 is 15.8 Å². The van der Waals surface area contributed by atoms with Gasteiger partial charge in [-0.2, -0.15) is 0 Å². The number of benzene rings is 1. The molecule has 0 radical (unpaired) electrons. The molecule has 1 aromatic carbocycles. The number of nitrogens with two attached hydrogens (primary N) is 1. The van der Waals surface area contributed by atoms with Crippen LogP contribution in [0.2, 0.25) is 0 Å². The smallest absolute Gasteiger partial charge is 0.410 e. The fourth-order valence-electron chi connectivity index (χ4n) is 2.74. The summed E-state index contributed by atoms with van der Waals surface area (Å²) >= 11 is 0. The Balaban J connectivity index is 0.00000364. The zero-order valence-electron chi connectivity index (χ0n) is 16.5. The molecule has 2 rings (SSSR count). The van der Waals surface area contributed by atoms with Gasteiger partial charge in [-0.05, 0) is 51.7 Å². The van der Waals surface area contributed by atoms with E-state index in [-0.39, 0.29) is 30.1 Å². The molecule has 0 spiro atoms. The van der Waals surface area contributed by atoms with Crippen molar-refractivity contribution in [3.8, 4) is 5.75 Å². The van der Waals surface area contributed by atoms with E-state index in [0.717, 1.165) is 24.3 Å². The number of hydrogen-bond donors (Lipinski definition) is 2. The van der Waals surface area contributed by atoms with E-state index >= 15 is 0 Å². The van der Waals surface area contributed by atoms with Crippen LogP contribution in [0.1, 0.15) is 33.6 Å². The zero-order chi connectivity index (χ0) is 19.2. The molecular weight excluding hydrogens is 459 g/mol. The van der Waals surface area contributed by atoms with E-state index in [1.165, 1.54) is 0 Å². The standard InChI is InChI=1S/C19H30N4O3.HI/c1-19(2,3)26-18(24)23-10-8-14(9-11-23)13-21-17(20)22-15-6-5-7-16(12-15)25-4;/h5-7,12,14H,8-11,13H2,1-4H3,(H3,20,21,22);1H. The van der Waals surface area contributed by atoms with Crippen molar-refractivity contribution in [1.82, 2.24) is 4.90 Å². The molecule has 0 unspecified atom stereocenters. The fraction of sp³-hybridized carbons (Fsp3) is 0.579. The molecule has 1 amide bonds. The fourth-order valence-corrected chi connectivity index (χ4v) is 2.74. The maximum Gasteiger partial charge on any atom is 0.410 e. The van der Waals surface area contributed by atoms with Crippen LogP contribution >= 0.6 is 24.0 Å². The molecule has 8 heteroatoms. The van der Waals surface area contributed by atoms with E-state index in [9.17, 15) is 4.79 Å². The number of rotatable bonds is 4. The van der Waals surface area contributed by atoms with Crippen molar-refractivity contribution in [2.24, 2.45) is 16.6 Å². The summed E-state index contributed by atoms with van der Waals surface area (Å²) in [5.74, 6) is 1.56. The van der Waals surface area contributed by atoms with Gasteiger partial charge in [0.15, 0.2) is 5.96 Å². The quantitative estimate of drug-likeness (QED) is 0.382. The third kappa shape index (κ3) is 8.23. The second kappa shape index (κ2) is 10.6. The van der Waals surface area contributed by atoms with Crippen LogP contribution in [0.3, 0.4) is 0 Å². The minimum absolute atomic E-state index is 0. The number of methoxy groups -OCH3 is 1. The molecule has 27 heavy (non-hydrogen) atoms. The Labute approximate surface area is 178 Å². The number of carbonyl (C=O) groups is 1. The van der Waals surface area contributed by atoms with E-state index in [0.29, 0.717) is 31.5 Å². The summed E-state index contributed by atoms with van der Waals surface area (Å²) in [7, 11) is 1.63. The molecule has 1 aromatic rings. The average molecular weight is 490 g/mol. The maximum atomic E-state index is 12.1. The number of ether oxygens (including phenoxy) is 2. The lowest BCUT2D eigenvalue weighted by molar-refractivity contribution is 0.0187. The van der Waals surface area contributed by atoms with Crippen LogP contribution in [0.15, 0.2) is 29.3 Å². The van der Waals surface area contributed by atoms with Crippen molar-refractivity contribution in [3.05, 3.63) is 24.3 Å². The van der Waals surface area contributed by atoms with Gasteiger partial charge in [-0.15, -0.1) is 24.0 Å². The van der Waals surface area contributed by atoms with Crippen molar-refractivity contribution < 1.29 is 14.3 Å². The van der Waals surface area contributed by atoms with Crippen LogP contribution in [-0.4, -0.2) is 49.3 Å². The van der Waals surface area contributed by atoms with E-state index < -0.39 is 5.60 Å². The largest absolute Gasteiger partial charge is 0.497 e. The number of anilines is 1. The number of aliphatic imine (C=N–C) groups is 1. The first-order valence-electron chi connectivity index (χ1n) is 8.96. The highest BCUT2D eigenvalue weighted by molar-refractivity contribution is 14.0. The van der Waals surface area contributed by atoms with Crippen molar-refractivity contribution in [1.29, 1.82) is 0 Å². The Morgan fingerprint density at radius 2 is 2.00 bits per heavy atom. The normalized spacial score (nSPS) is 15.7. The number of amides is 1. The van der Waals surface area contributed by atoms with Gasteiger partial charge >= 0.3 is 6.09 Å². The van der Waals surface area contributed by atoms with Gasteiger partial charge in [-0.1, -0.05) is 6.07 Å². The van der Waals surface area contributed by atoms with Crippen molar-refractivity contribution in [3.63, 3.8) is 0 Å². The van der Waals surface area contributed by atoms with Gasteiger partial charge in [0.2, 0.25) is 0 Å². The predicted molar refractivity (Wildman–Crippen MR) is 119 cm³/mol. The highest BCUT2D eigenvalue weighted by Gasteiger charge is 2.26. The first kappa shape index (κ1) is 23.3. The molecule has 152 valence electrons. The lowest BCUT2D eigenvalue weighted by Crippen LogP contribution is -2.42. The minimum Gasteiger partial charge on any atom is -0.497 e. The summed E-state index contributed by atoms with van der Waals surface area (Å²) in [6.45, 7) is 7.67. The SMILES string of the molecule is COc1cccc(NC(N)=NCC2CCN(C(=O)OC(C)(C)C)CC2)c1.I. The second-order valence-electron chi connectivity index (χ2n) is 7.49. The number of piperidine rings is 1. The Hall–Kier alpha value is -1.71. The van der Waals surface area contributed by atoms with E-state index in [1.807, 2.05) is 45.0 Å². The highest BCUT2D eigenvalue weighted by atomic mass is 127. The summed E-state index contributed by atoms with van der Waals surface area (Å²) in [6, 6.07) is 7.53. The van der Waals surface area contributed by atoms with Crippen molar-refractivity contribution >= 4 is 41.7 Å². The monoisotopic (exact) mass is 490 g/mol. The Morgan fingerprint density at radius 3 is 2.59 bits per heavy atom. The molecule has 7 nitrogen and oxygen atoms in total. The molecule has 0 saturated carbocycles. The summed E-state index contributed by atoms with van der Waals surface area (Å²) in [5.41, 5.74) is 6.35. The maximum absolute atomic E-state index is 12.1. The highest BCUT2D eigenvalue weighted by Crippen LogP contribution is 2.20. The van der Waals surface area contributed by atoms with E-state index in [4.69, 9.17) is 15.2 Å². The lowest BCUT2D eigenvalue weighted by Gasteiger charge is -2.33. The molecule has 3 N–H and O–H groups in total. The number of nitrogens with zero attached hydrogens (tertiary/aromatic N) is 2. The number of hydrogen-bond acceptors (Lipinski definition) is 4. The van der Waals surface area contributed by atoms with Crippen LogP contribution in [0.25, 0.3) is 0 Å². The van der Waals surface area contributed by atoms with E-state index in [2.05, 4.69) is 10.3 Å². The second-order valence-corrected chi connectivity index (χ2v) is 7.49. The third-order valence-corrected chi connectivity index (χ3v) is 4.13. The number of guanidine groups is 1. The zero-order valence-corrected chi connectivity index (χ0v) is 18.9. The Morgan fingerprint density at radius 1 is 1.33 bits per heavy atom. The molecule has 1 aliphatic rings. The summed E-state index contributed by atoms with van der Waals surface area (Å²) in [5, 5.41) is 3.07. The summed E-state index contributed by atoms with van der Waals surface area (Å²) in [6.07, 6.45) is 1.56. The average Bonchev–Trinajstić information content (AvgIpc) is 2.59. The summed E-state index contributed by atoms with van der Waals surface area (Å²) in [4.78, 5) is 18.3. The molecule has 0 aliphatic carbocycles. The van der Waals surface area contributed by atoms with Gasteiger partial charge in [0.1, 0.15) is 11.4 Å². The number of likely N-dealkylation sites (tertiary alicyclic amines) is 1. The van der Waals surface area contributed by atoms with Gasteiger partial charge in [0.25, 0.3) is 0 Å². The van der Waals surface area contributed by atoms with Gasteiger partial charge in [0.05, 0.1) is 7.11 Å².